The predicted octanol–water partition coefficient (Wildman–Crippen LogP) is -1.30. The van der Waals surface area contributed by atoms with Gasteiger partial charge in [0.05, 0.1) is 0 Å². The third-order valence-electron chi connectivity index (χ3n) is 4.20. The summed E-state index contributed by atoms with van der Waals surface area (Å²) < 4.78 is 0. The van der Waals surface area contributed by atoms with Crippen molar-refractivity contribution in [1.29, 1.82) is 0 Å². The molecule has 2 amide bonds. The number of nitrogens with one attached hydrogen (secondary N) is 1. The molecule has 1 saturated carbocycles. The third kappa shape index (κ3) is 3.71. The fourth-order valence-electron chi connectivity index (χ4n) is 3.46. The van der Waals surface area contributed by atoms with Gasteiger partial charge in [0.15, 0.2) is 0 Å². The summed E-state index contributed by atoms with van der Waals surface area (Å²) in [6, 6.07) is 0. The van der Waals surface area contributed by atoms with E-state index in [1.165, 1.54) is 0 Å². The van der Waals surface area contributed by atoms with Crippen LogP contribution in [0.4, 0.5) is 0 Å². The molecule has 2 unspecified atom stereocenters. The Morgan fingerprint density at radius 2 is 1.29 bits per heavy atom. The second kappa shape index (κ2) is 8.08. The van der Waals surface area contributed by atoms with Crippen molar-refractivity contribution in [2.75, 3.05) is 0 Å². The quantitative estimate of drug-likeness (QED) is 0.331. The topological polar surface area (TPSA) is 121 Å². The molecule has 1 heterocycles. The van der Waals surface area contributed by atoms with Gasteiger partial charge in [-0.1, -0.05) is 19.3 Å². The molecule has 0 aromatic carbocycles. The first kappa shape index (κ1) is 21.1. The van der Waals surface area contributed by atoms with E-state index in [0.29, 0.717) is 12.8 Å². The first-order valence-electron chi connectivity index (χ1n) is 6.20. The average molecular weight is 317 g/mol. The summed E-state index contributed by atoms with van der Waals surface area (Å²) in [5.41, 5.74) is -1.28. The molecule has 1 spiro atoms. The van der Waals surface area contributed by atoms with Crippen molar-refractivity contribution in [1.82, 2.24) is 5.32 Å². The van der Waals surface area contributed by atoms with Gasteiger partial charge in [0.1, 0.15) is 11.8 Å². The normalized spacial score (nSPS) is 27.0. The molecule has 0 aromatic heterocycles. The van der Waals surface area contributed by atoms with E-state index in [1.807, 2.05) is 5.32 Å². The summed E-state index contributed by atoms with van der Waals surface area (Å²) >= 11 is 0. The van der Waals surface area contributed by atoms with Crippen LogP contribution in [0.2, 0.25) is 0 Å². The summed E-state index contributed by atoms with van der Waals surface area (Å²) in [5.74, 6) is -7.44. The molecule has 108 valence electrons. The zero-order valence-corrected chi connectivity index (χ0v) is 10.2. The fraction of sp³-hybridized carbons (Fsp3) is 0.667. The van der Waals surface area contributed by atoms with Crippen LogP contribution in [0, 0.1) is 17.3 Å². The van der Waals surface area contributed by atoms with Crippen LogP contribution in [-0.4, -0.2) is 93.1 Å². The number of carbonyl (C=O) groups excluding carboxylic acids is 2. The SMILES string of the molecule is O=C(O)C1C(=O)NC(=O)C(C(=O)O)C12CCCCC2.[NaH].[NaH]. The predicted molar refractivity (Wildman–Crippen MR) is 75.2 cm³/mol. The van der Waals surface area contributed by atoms with Gasteiger partial charge in [0, 0.05) is 5.41 Å². The van der Waals surface area contributed by atoms with E-state index in [4.69, 9.17) is 0 Å². The van der Waals surface area contributed by atoms with Crippen LogP contribution >= 0.6 is 0 Å². The summed E-state index contributed by atoms with van der Waals surface area (Å²) in [6.07, 6.45) is 2.68. The minimum atomic E-state index is -1.47. The molecule has 9 heteroatoms. The van der Waals surface area contributed by atoms with Crippen LogP contribution in [-0.2, 0) is 19.2 Å². The maximum absolute atomic E-state index is 11.8. The van der Waals surface area contributed by atoms with Gasteiger partial charge in [-0.2, -0.15) is 0 Å². The molecule has 21 heavy (non-hydrogen) atoms. The zero-order valence-electron chi connectivity index (χ0n) is 10.2. The third-order valence-corrected chi connectivity index (χ3v) is 4.20. The molecular weight excluding hydrogens is 300 g/mol. The molecule has 7 nitrogen and oxygen atoms in total. The standard InChI is InChI=1S/C12H15NO6.2Na.2H/c14-8-6(10(16)17)12(4-2-1-3-5-12)7(11(18)19)9(15)13-8;;;;/h6-7H,1-5H2,(H,16,17)(H,18,19)(H,13,14,15);;;;. The van der Waals surface area contributed by atoms with E-state index in [2.05, 4.69) is 0 Å². The molecule has 0 aromatic rings. The van der Waals surface area contributed by atoms with Crippen molar-refractivity contribution < 1.29 is 29.4 Å². The molecule has 0 bridgehead atoms. The molecule has 1 saturated heterocycles. The molecule has 2 rings (SSSR count). The Balaban J connectivity index is 0.00000200. The van der Waals surface area contributed by atoms with E-state index in [9.17, 15) is 29.4 Å². The number of carbonyl (C=O) groups is 4. The van der Waals surface area contributed by atoms with E-state index >= 15 is 0 Å². The Bertz CT molecular complexity index is 427. The van der Waals surface area contributed by atoms with E-state index in [0.717, 1.165) is 6.42 Å². The number of hydrogen-bond donors (Lipinski definition) is 3. The Morgan fingerprint density at radius 1 is 0.905 bits per heavy atom. The molecule has 0 radical (unpaired) electrons. The van der Waals surface area contributed by atoms with Gasteiger partial charge in [0.2, 0.25) is 11.8 Å². The average Bonchev–Trinajstić information content (AvgIpc) is 2.27. The van der Waals surface area contributed by atoms with Crippen molar-refractivity contribution in [3.05, 3.63) is 0 Å². The monoisotopic (exact) mass is 317 g/mol. The van der Waals surface area contributed by atoms with Crippen molar-refractivity contribution in [2.45, 2.75) is 32.1 Å². The second-order valence-electron chi connectivity index (χ2n) is 5.19. The number of carboxylic acids is 2. The first-order valence-corrected chi connectivity index (χ1v) is 6.20. The van der Waals surface area contributed by atoms with Crippen LogP contribution < -0.4 is 5.32 Å². The van der Waals surface area contributed by atoms with E-state index in [1.54, 1.807) is 0 Å². The van der Waals surface area contributed by atoms with Gasteiger partial charge in [-0.25, -0.2) is 0 Å². The fourth-order valence-corrected chi connectivity index (χ4v) is 3.46. The molecule has 3 N–H and O–H groups in total. The van der Waals surface area contributed by atoms with Crippen molar-refractivity contribution in [3.8, 4) is 0 Å². The number of imide groups is 1. The molecular formula is C12H17NNa2O6. The summed E-state index contributed by atoms with van der Waals surface area (Å²) in [4.78, 5) is 46.3. The first-order chi connectivity index (χ1) is 8.90. The molecule has 1 aliphatic heterocycles. The van der Waals surface area contributed by atoms with Crippen LogP contribution in [0.25, 0.3) is 0 Å². The summed E-state index contributed by atoms with van der Waals surface area (Å²) in [7, 11) is 0. The number of aliphatic carboxylic acids is 2. The van der Waals surface area contributed by atoms with Crippen LogP contribution in [0.3, 0.4) is 0 Å². The van der Waals surface area contributed by atoms with Gasteiger partial charge >= 0.3 is 71.1 Å². The van der Waals surface area contributed by atoms with Crippen molar-refractivity contribution in [3.63, 3.8) is 0 Å². The number of amides is 2. The zero-order chi connectivity index (χ0) is 14.2. The second-order valence-corrected chi connectivity index (χ2v) is 5.19. The molecule has 2 atom stereocenters. The molecule has 1 aliphatic carbocycles. The van der Waals surface area contributed by atoms with Gasteiger partial charge in [-0.15, -0.1) is 0 Å². The van der Waals surface area contributed by atoms with Gasteiger partial charge in [-0.3, -0.25) is 24.5 Å². The number of rotatable bonds is 2. The van der Waals surface area contributed by atoms with Gasteiger partial charge in [0.25, 0.3) is 0 Å². The molecule has 2 fully saturated rings. The van der Waals surface area contributed by atoms with Gasteiger partial charge < -0.3 is 10.2 Å². The number of hydrogen-bond acceptors (Lipinski definition) is 4. The Labute approximate surface area is 165 Å². The Kier molecular flexibility index (Phi) is 8.11. The minimum absolute atomic E-state index is 0. The Morgan fingerprint density at radius 3 is 1.62 bits per heavy atom. The van der Waals surface area contributed by atoms with Crippen LogP contribution in [0.15, 0.2) is 0 Å². The van der Waals surface area contributed by atoms with Crippen molar-refractivity contribution in [2.24, 2.45) is 17.3 Å². The maximum atomic E-state index is 11.8. The summed E-state index contributed by atoms with van der Waals surface area (Å²) in [5, 5.41) is 20.4. The molecule has 2 aliphatic rings. The van der Waals surface area contributed by atoms with Gasteiger partial charge in [-0.05, 0) is 12.8 Å². The summed E-state index contributed by atoms with van der Waals surface area (Å²) in [6.45, 7) is 0. The Hall–Kier alpha value is 0.0800. The number of carboxylic acid groups (broad SMARTS) is 2. The van der Waals surface area contributed by atoms with Crippen LogP contribution in [0.1, 0.15) is 32.1 Å². The van der Waals surface area contributed by atoms with Crippen molar-refractivity contribution >= 4 is 82.9 Å². The van der Waals surface area contributed by atoms with E-state index in [-0.39, 0.29) is 72.0 Å². The number of piperidine rings is 1. The van der Waals surface area contributed by atoms with Crippen LogP contribution in [0.5, 0.6) is 0 Å². The van der Waals surface area contributed by atoms with E-state index < -0.39 is 41.0 Å².